The molecule has 9 heteroatoms. The van der Waals surface area contributed by atoms with Crippen molar-refractivity contribution in [2.45, 2.75) is 13.0 Å². The van der Waals surface area contributed by atoms with Gasteiger partial charge in [0.15, 0.2) is 0 Å². The molecule has 0 unspecified atom stereocenters. The Morgan fingerprint density at radius 2 is 2.00 bits per heavy atom. The van der Waals surface area contributed by atoms with Crippen molar-refractivity contribution >= 4 is 34.6 Å². The molecule has 2 atom stereocenters. The Morgan fingerprint density at radius 3 is 2.80 bits per heavy atom. The van der Waals surface area contributed by atoms with Crippen LogP contribution in [0.1, 0.15) is 27.6 Å². The Labute approximate surface area is 172 Å². The number of hydrogen-bond donors (Lipinski definition) is 4. The molecule has 0 radical (unpaired) electrons. The van der Waals surface area contributed by atoms with Crippen LogP contribution in [0.5, 0.6) is 0 Å². The Balaban J connectivity index is 1.43. The number of anilines is 1. The summed E-state index contributed by atoms with van der Waals surface area (Å²) in [6.45, 7) is 2.95. The van der Waals surface area contributed by atoms with E-state index in [0.717, 1.165) is 11.0 Å². The summed E-state index contributed by atoms with van der Waals surface area (Å²) in [7, 11) is 0. The van der Waals surface area contributed by atoms with E-state index in [4.69, 9.17) is 5.73 Å². The highest BCUT2D eigenvalue weighted by Crippen LogP contribution is 2.21. The van der Waals surface area contributed by atoms with Gasteiger partial charge in [-0.15, -0.1) is 0 Å². The van der Waals surface area contributed by atoms with Gasteiger partial charge in [0.1, 0.15) is 5.65 Å². The third kappa shape index (κ3) is 3.95. The number of nitrogens with one attached hydrogen (secondary N) is 3. The Bertz CT molecular complexity index is 1120. The fourth-order valence-corrected chi connectivity index (χ4v) is 3.69. The van der Waals surface area contributed by atoms with Crippen LogP contribution in [0.3, 0.4) is 0 Å². The van der Waals surface area contributed by atoms with Gasteiger partial charge in [-0.25, -0.2) is 9.78 Å². The fourth-order valence-electron chi connectivity index (χ4n) is 3.69. The first-order valence-corrected chi connectivity index (χ1v) is 9.60. The van der Waals surface area contributed by atoms with Gasteiger partial charge in [-0.2, -0.15) is 0 Å². The molecule has 1 aromatic carbocycles. The number of urea groups is 1. The summed E-state index contributed by atoms with van der Waals surface area (Å²) in [4.78, 5) is 45.6. The smallest absolute Gasteiger partial charge is 0.316 e. The van der Waals surface area contributed by atoms with E-state index in [1.54, 1.807) is 41.6 Å². The van der Waals surface area contributed by atoms with Crippen LogP contribution in [0, 0.1) is 5.92 Å². The van der Waals surface area contributed by atoms with Gasteiger partial charge in [-0.1, -0.05) is 13.0 Å². The first kappa shape index (κ1) is 19.4. The molecule has 4 rings (SSSR count). The van der Waals surface area contributed by atoms with Crippen molar-refractivity contribution in [2.24, 2.45) is 11.7 Å². The zero-order valence-corrected chi connectivity index (χ0v) is 16.4. The lowest BCUT2D eigenvalue weighted by Crippen LogP contribution is -2.40. The quantitative estimate of drug-likeness (QED) is 0.527. The minimum absolute atomic E-state index is 0.0915. The summed E-state index contributed by atoms with van der Waals surface area (Å²) >= 11 is 0. The summed E-state index contributed by atoms with van der Waals surface area (Å²) in [5.41, 5.74) is 7.22. The van der Waals surface area contributed by atoms with Crippen LogP contribution in [-0.4, -0.2) is 51.8 Å². The van der Waals surface area contributed by atoms with Crippen LogP contribution in [0.4, 0.5) is 10.5 Å². The lowest BCUT2D eigenvalue weighted by Gasteiger charge is -2.18. The number of pyridine rings is 1. The molecule has 0 bridgehead atoms. The molecular formula is C21H22N6O3. The number of hydrogen-bond acceptors (Lipinski definition) is 4. The van der Waals surface area contributed by atoms with Gasteiger partial charge in [0.05, 0.1) is 11.6 Å². The zero-order chi connectivity index (χ0) is 21.3. The van der Waals surface area contributed by atoms with E-state index in [2.05, 4.69) is 20.6 Å². The maximum absolute atomic E-state index is 12.9. The summed E-state index contributed by atoms with van der Waals surface area (Å²) in [5.74, 6) is -0.291. The molecule has 154 valence electrons. The number of H-pyrrole nitrogens is 1. The zero-order valence-electron chi connectivity index (χ0n) is 16.4. The molecule has 30 heavy (non-hydrogen) atoms. The van der Waals surface area contributed by atoms with Gasteiger partial charge in [0, 0.05) is 42.1 Å². The van der Waals surface area contributed by atoms with Crippen molar-refractivity contribution < 1.29 is 14.4 Å². The SMILES string of the molecule is C[C@@H]1CN(C(=O)c2cnc3[nH]ccc3c2)C[C@@H]1NC(=O)c1cccc(NC(N)=O)c1. The van der Waals surface area contributed by atoms with Gasteiger partial charge in [0.2, 0.25) is 0 Å². The lowest BCUT2D eigenvalue weighted by molar-refractivity contribution is 0.0781. The van der Waals surface area contributed by atoms with Crippen molar-refractivity contribution in [3.63, 3.8) is 0 Å². The average Bonchev–Trinajstić information content (AvgIpc) is 3.33. The molecule has 3 aromatic rings. The number of carbonyl (C=O) groups is 3. The first-order chi connectivity index (χ1) is 14.4. The predicted molar refractivity (Wildman–Crippen MR) is 112 cm³/mol. The summed E-state index contributed by atoms with van der Waals surface area (Å²) in [5, 5.41) is 6.32. The summed E-state index contributed by atoms with van der Waals surface area (Å²) in [6, 6.07) is 9.33. The molecule has 5 N–H and O–H groups in total. The second-order valence-electron chi connectivity index (χ2n) is 7.48. The van der Waals surface area contributed by atoms with Crippen LogP contribution >= 0.6 is 0 Å². The van der Waals surface area contributed by atoms with E-state index in [1.807, 2.05) is 19.1 Å². The number of nitrogens with zero attached hydrogens (tertiary/aromatic N) is 2. The maximum atomic E-state index is 12.9. The van der Waals surface area contributed by atoms with E-state index >= 15 is 0 Å². The van der Waals surface area contributed by atoms with Gasteiger partial charge in [0.25, 0.3) is 11.8 Å². The van der Waals surface area contributed by atoms with E-state index in [0.29, 0.717) is 29.9 Å². The molecule has 1 aliphatic heterocycles. The van der Waals surface area contributed by atoms with Crippen molar-refractivity contribution in [1.82, 2.24) is 20.2 Å². The number of benzene rings is 1. The molecule has 0 saturated carbocycles. The molecule has 9 nitrogen and oxygen atoms in total. The molecule has 4 amide bonds. The van der Waals surface area contributed by atoms with Crippen LogP contribution in [0.25, 0.3) is 11.0 Å². The van der Waals surface area contributed by atoms with Crippen LogP contribution in [-0.2, 0) is 0 Å². The maximum Gasteiger partial charge on any atom is 0.316 e. The topological polar surface area (TPSA) is 133 Å². The molecule has 1 aliphatic rings. The van der Waals surface area contributed by atoms with E-state index in [9.17, 15) is 14.4 Å². The highest BCUT2D eigenvalue weighted by molar-refractivity contribution is 5.98. The standard InChI is InChI=1S/C21H22N6O3/c1-12-10-27(20(29)15-7-13-5-6-23-18(13)24-9-15)11-17(12)26-19(28)14-3-2-4-16(8-14)25-21(22)30/h2-9,12,17H,10-11H2,1H3,(H,23,24)(H,26,28)(H3,22,25,30)/t12-,17+/m1/s1. The van der Waals surface area contributed by atoms with Crippen LogP contribution < -0.4 is 16.4 Å². The van der Waals surface area contributed by atoms with Crippen LogP contribution in [0.15, 0.2) is 48.8 Å². The predicted octanol–water partition coefficient (Wildman–Crippen LogP) is 1.94. The number of aromatic nitrogens is 2. The lowest BCUT2D eigenvalue weighted by atomic mass is 10.1. The number of amides is 4. The largest absolute Gasteiger partial charge is 0.351 e. The van der Waals surface area contributed by atoms with Gasteiger partial charge in [-0.05, 0) is 36.2 Å². The minimum Gasteiger partial charge on any atom is -0.351 e. The van der Waals surface area contributed by atoms with Crippen molar-refractivity contribution in [1.29, 1.82) is 0 Å². The normalized spacial score (nSPS) is 18.4. The number of fused-ring (bicyclic) bond motifs is 1. The monoisotopic (exact) mass is 406 g/mol. The highest BCUT2D eigenvalue weighted by atomic mass is 16.2. The number of rotatable bonds is 4. The average molecular weight is 406 g/mol. The number of nitrogens with two attached hydrogens (primary N) is 1. The van der Waals surface area contributed by atoms with Gasteiger partial charge < -0.3 is 26.3 Å². The van der Waals surface area contributed by atoms with Gasteiger partial charge >= 0.3 is 6.03 Å². The highest BCUT2D eigenvalue weighted by Gasteiger charge is 2.34. The third-order valence-electron chi connectivity index (χ3n) is 5.26. The van der Waals surface area contributed by atoms with E-state index in [-0.39, 0.29) is 23.8 Å². The molecule has 1 fully saturated rings. The minimum atomic E-state index is -0.696. The van der Waals surface area contributed by atoms with Crippen LogP contribution in [0.2, 0.25) is 0 Å². The molecule has 0 spiro atoms. The summed E-state index contributed by atoms with van der Waals surface area (Å²) in [6.07, 6.45) is 3.35. The number of primary amides is 1. The number of carbonyl (C=O) groups excluding carboxylic acids is 3. The second-order valence-corrected chi connectivity index (χ2v) is 7.48. The first-order valence-electron chi connectivity index (χ1n) is 9.60. The van der Waals surface area contributed by atoms with E-state index < -0.39 is 6.03 Å². The molecule has 1 saturated heterocycles. The number of likely N-dealkylation sites (tertiary alicyclic amines) is 1. The Hall–Kier alpha value is -3.88. The molecule has 0 aliphatic carbocycles. The number of aromatic amines is 1. The molecule has 3 heterocycles. The van der Waals surface area contributed by atoms with Gasteiger partial charge in [-0.3, -0.25) is 9.59 Å². The summed E-state index contributed by atoms with van der Waals surface area (Å²) < 4.78 is 0. The second kappa shape index (κ2) is 7.86. The van der Waals surface area contributed by atoms with Crippen molar-refractivity contribution in [2.75, 3.05) is 18.4 Å². The fraction of sp³-hybridized carbons (Fsp3) is 0.238. The van der Waals surface area contributed by atoms with Crippen molar-refractivity contribution in [3.8, 4) is 0 Å². The molecule has 2 aromatic heterocycles. The molecular weight excluding hydrogens is 384 g/mol. The Kier molecular flexibility index (Phi) is 5.09. The van der Waals surface area contributed by atoms with E-state index in [1.165, 1.54) is 0 Å². The van der Waals surface area contributed by atoms with Crippen molar-refractivity contribution in [3.05, 3.63) is 59.9 Å². The third-order valence-corrected chi connectivity index (χ3v) is 5.26. The Morgan fingerprint density at radius 1 is 1.17 bits per heavy atom.